The van der Waals surface area contributed by atoms with Gasteiger partial charge < -0.3 is 25.8 Å². The molecule has 1 aliphatic heterocycles. The zero-order valence-electron chi connectivity index (χ0n) is 13.7. The molecule has 1 unspecified atom stereocenters. The van der Waals surface area contributed by atoms with Crippen LogP contribution in [-0.2, 0) is 4.74 Å². The molecule has 1 fully saturated rings. The van der Waals surface area contributed by atoms with E-state index in [0.29, 0.717) is 0 Å². The van der Waals surface area contributed by atoms with Crippen LogP contribution in [0.4, 0.5) is 10.3 Å². The second-order valence-electron chi connectivity index (χ2n) is 5.06. The van der Waals surface area contributed by atoms with Crippen LogP contribution in [0.25, 0.3) is 11.0 Å². The fourth-order valence-electron chi connectivity index (χ4n) is 2.59. The molecule has 1 aliphatic rings. The van der Waals surface area contributed by atoms with E-state index in [2.05, 4.69) is 15.9 Å². The van der Waals surface area contributed by atoms with E-state index in [1.807, 2.05) is 5.38 Å². The van der Waals surface area contributed by atoms with Crippen molar-refractivity contribution >= 4 is 28.6 Å². The Morgan fingerprint density at radius 3 is 3.04 bits per heavy atom. The standard InChI is InChI=1S/C13H12ClFN4O5/c14-2-1-13(23)8(21)6(4-20)24-11(13)19-3-5(15)7-9(19)17-12(16)18-10(7)22/h3,6,8,11,20-21,23H,4H2,(H3,16,17,18,22)/t6-,8+,11-,13?/m1/s1/i4D2. The number of halogens is 2. The summed E-state index contributed by atoms with van der Waals surface area (Å²) >= 11 is 5.31. The molecule has 0 radical (unpaired) electrons. The van der Waals surface area contributed by atoms with Gasteiger partial charge in [-0.3, -0.25) is 14.3 Å². The summed E-state index contributed by atoms with van der Waals surface area (Å²) in [6, 6.07) is 0. The minimum absolute atomic E-state index is 0.352. The first-order chi connectivity index (χ1) is 12.0. The number of nitrogens with zero attached hydrogens (tertiary/aromatic N) is 2. The van der Waals surface area contributed by atoms with Crippen LogP contribution in [0.5, 0.6) is 0 Å². The van der Waals surface area contributed by atoms with E-state index in [-0.39, 0.29) is 11.6 Å². The van der Waals surface area contributed by atoms with Crippen molar-refractivity contribution in [2.24, 2.45) is 0 Å². The molecule has 0 bridgehead atoms. The number of nitrogens with two attached hydrogens (primary N) is 1. The van der Waals surface area contributed by atoms with Crippen molar-refractivity contribution in [3.05, 3.63) is 22.4 Å². The lowest BCUT2D eigenvalue weighted by molar-refractivity contribution is -0.0720. The second kappa shape index (κ2) is 5.73. The summed E-state index contributed by atoms with van der Waals surface area (Å²) in [5, 5.41) is 31.8. The van der Waals surface area contributed by atoms with Crippen LogP contribution in [-0.4, -0.2) is 54.2 Å². The number of hydrogen-bond donors (Lipinski definition) is 5. The number of anilines is 1. The monoisotopic (exact) mass is 360 g/mol. The van der Waals surface area contributed by atoms with Gasteiger partial charge in [-0.05, 0) is 17.5 Å². The number of aromatic nitrogens is 3. The van der Waals surface area contributed by atoms with Crippen molar-refractivity contribution in [2.45, 2.75) is 24.0 Å². The largest absolute Gasteiger partial charge is 0.394 e. The van der Waals surface area contributed by atoms with Gasteiger partial charge in [-0.15, -0.1) is 0 Å². The van der Waals surface area contributed by atoms with Gasteiger partial charge in [-0.25, -0.2) is 4.39 Å². The van der Waals surface area contributed by atoms with E-state index in [1.54, 1.807) is 0 Å². The molecule has 3 heterocycles. The first-order valence-corrected chi connectivity index (χ1v) is 6.85. The Balaban J connectivity index is 2.26. The predicted octanol–water partition coefficient (Wildman–Crippen LogP) is -1.37. The zero-order chi connectivity index (χ0) is 19.4. The van der Waals surface area contributed by atoms with Crippen molar-refractivity contribution < 1.29 is 27.2 Å². The van der Waals surface area contributed by atoms with Gasteiger partial charge in [-0.2, -0.15) is 4.98 Å². The predicted molar refractivity (Wildman–Crippen MR) is 80.3 cm³/mol. The van der Waals surface area contributed by atoms with Crippen LogP contribution < -0.4 is 11.3 Å². The van der Waals surface area contributed by atoms with Gasteiger partial charge in [0.25, 0.3) is 5.56 Å². The molecule has 3 rings (SSSR count). The highest BCUT2D eigenvalue weighted by molar-refractivity contribution is 6.30. The molecule has 0 saturated carbocycles. The Bertz CT molecular complexity index is 997. The molecule has 6 N–H and O–H groups in total. The quantitative estimate of drug-likeness (QED) is 0.415. The number of fused-ring (bicyclic) bond motifs is 1. The average molecular weight is 361 g/mol. The molecule has 1 saturated heterocycles. The van der Waals surface area contributed by atoms with E-state index in [1.165, 1.54) is 0 Å². The first kappa shape index (κ1) is 14.2. The number of H-pyrrole nitrogens is 1. The van der Waals surface area contributed by atoms with E-state index in [9.17, 15) is 24.5 Å². The van der Waals surface area contributed by atoms with Crippen LogP contribution in [0.1, 0.15) is 8.97 Å². The summed E-state index contributed by atoms with van der Waals surface area (Å²) in [6.45, 7) is -3.08. The van der Waals surface area contributed by atoms with Gasteiger partial charge in [0, 0.05) is 11.6 Å². The summed E-state index contributed by atoms with van der Waals surface area (Å²) in [7, 11) is 0. The van der Waals surface area contributed by atoms with Gasteiger partial charge in [0.15, 0.2) is 17.7 Å². The maximum absolute atomic E-state index is 14.2. The maximum Gasteiger partial charge on any atom is 0.264 e. The summed E-state index contributed by atoms with van der Waals surface area (Å²) in [4.78, 5) is 17.8. The lowest BCUT2D eigenvalue weighted by atomic mass is 9.95. The van der Waals surface area contributed by atoms with Crippen LogP contribution in [0.3, 0.4) is 0 Å². The molecule has 0 aromatic carbocycles. The van der Waals surface area contributed by atoms with Crippen LogP contribution in [0.2, 0.25) is 0 Å². The zero-order valence-corrected chi connectivity index (χ0v) is 12.5. The van der Waals surface area contributed by atoms with Gasteiger partial charge in [0.05, 0.1) is 9.30 Å². The summed E-state index contributed by atoms with van der Waals surface area (Å²) in [5.41, 5.74) is 1.64. The highest BCUT2D eigenvalue weighted by Crippen LogP contribution is 2.40. The molecule has 2 aromatic heterocycles. The summed E-state index contributed by atoms with van der Waals surface area (Å²) < 4.78 is 34.9. The topological polar surface area (TPSA) is 147 Å². The third-order valence-electron chi connectivity index (χ3n) is 3.67. The first-order valence-electron chi connectivity index (χ1n) is 7.47. The van der Waals surface area contributed by atoms with Gasteiger partial charge >= 0.3 is 0 Å². The number of nitrogen functional groups attached to an aromatic ring is 1. The molecule has 128 valence electrons. The molecule has 24 heavy (non-hydrogen) atoms. The number of rotatable bonds is 2. The Kier molecular flexibility index (Phi) is 3.39. The number of aromatic amines is 1. The Hall–Kier alpha value is -2.16. The summed E-state index contributed by atoms with van der Waals surface area (Å²) in [6.07, 6.45) is -5.06. The molecule has 9 nitrogen and oxygen atoms in total. The number of nitrogens with one attached hydrogen (secondary N) is 1. The van der Waals surface area contributed by atoms with Crippen LogP contribution >= 0.6 is 11.6 Å². The maximum atomic E-state index is 14.2. The number of aliphatic hydroxyl groups is 3. The second-order valence-corrected chi connectivity index (χ2v) is 5.25. The minimum atomic E-state index is -3.08. The molecule has 2 aromatic rings. The van der Waals surface area contributed by atoms with Gasteiger partial charge in [-0.1, -0.05) is 0 Å². The molecular formula is C13H12ClFN4O5. The minimum Gasteiger partial charge on any atom is -0.394 e. The smallest absolute Gasteiger partial charge is 0.264 e. The molecule has 0 amide bonds. The van der Waals surface area contributed by atoms with Crippen molar-refractivity contribution in [1.82, 2.24) is 14.5 Å². The van der Waals surface area contributed by atoms with Gasteiger partial charge in [0.2, 0.25) is 11.5 Å². The fourth-order valence-corrected chi connectivity index (χ4v) is 2.74. The molecular weight excluding hydrogens is 347 g/mol. The molecule has 4 atom stereocenters. The third kappa shape index (κ3) is 2.26. The van der Waals surface area contributed by atoms with Crippen molar-refractivity contribution in [1.29, 1.82) is 0 Å². The van der Waals surface area contributed by atoms with Crippen LogP contribution in [0, 0.1) is 17.1 Å². The van der Waals surface area contributed by atoms with Crippen molar-refractivity contribution in [3.8, 4) is 11.3 Å². The van der Waals surface area contributed by atoms with E-state index in [0.717, 1.165) is 10.8 Å². The molecule has 0 aliphatic carbocycles. The number of ether oxygens (including phenoxy) is 1. The van der Waals surface area contributed by atoms with Crippen molar-refractivity contribution in [3.63, 3.8) is 0 Å². The molecule has 11 heteroatoms. The Labute approximate surface area is 141 Å². The van der Waals surface area contributed by atoms with E-state index < -0.39 is 47.4 Å². The average Bonchev–Trinajstić information content (AvgIpc) is 2.95. The van der Waals surface area contributed by atoms with E-state index >= 15 is 0 Å². The fraction of sp³-hybridized carbons (Fsp3) is 0.385. The Morgan fingerprint density at radius 1 is 1.71 bits per heavy atom. The van der Waals surface area contributed by atoms with E-state index in [4.69, 9.17) is 24.8 Å². The van der Waals surface area contributed by atoms with Gasteiger partial charge in [0.1, 0.15) is 17.6 Å². The highest BCUT2D eigenvalue weighted by Gasteiger charge is 2.56. The highest BCUT2D eigenvalue weighted by atomic mass is 35.5. The third-order valence-corrected chi connectivity index (χ3v) is 3.77. The normalized spacial score (nSPS) is 31.5. The Morgan fingerprint density at radius 2 is 2.42 bits per heavy atom. The number of aliphatic hydroxyl groups excluding tert-OH is 1. The van der Waals surface area contributed by atoms with Crippen LogP contribution in [0.15, 0.2) is 11.0 Å². The lowest BCUT2D eigenvalue weighted by Gasteiger charge is -2.26. The van der Waals surface area contributed by atoms with Crippen molar-refractivity contribution in [2.75, 3.05) is 12.3 Å². The number of hydrogen-bond acceptors (Lipinski definition) is 7. The summed E-state index contributed by atoms with van der Waals surface area (Å²) in [5.74, 6) is 0.656. The molecule has 0 spiro atoms. The lowest BCUT2D eigenvalue weighted by Crippen LogP contribution is -2.45. The SMILES string of the molecule is [2H]C([2H])(O)[C@H]1O[C@@H](n2cc(F)c3c(=O)[nH]c(N)nc32)C(O)(C#CCl)[C@H]1O.